The van der Waals surface area contributed by atoms with Gasteiger partial charge in [-0.1, -0.05) is 30.0 Å². The summed E-state index contributed by atoms with van der Waals surface area (Å²) in [5.41, 5.74) is 1.13. The second kappa shape index (κ2) is 9.75. The molecule has 1 aromatic carbocycles. The van der Waals surface area contributed by atoms with E-state index in [0.29, 0.717) is 22.9 Å². The Morgan fingerprint density at radius 3 is 2.64 bits per heavy atom. The number of carbonyl (C=O) groups excluding carboxylic acids is 2. The molecule has 3 rings (SSSR count). The molecular formula is C21H20N2O4S. The molecule has 0 bridgehead atoms. The number of pyridine rings is 1. The van der Waals surface area contributed by atoms with Crippen molar-refractivity contribution in [2.24, 2.45) is 0 Å². The van der Waals surface area contributed by atoms with Crippen molar-refractivity contribution in [3.8, 4) is 0 Å². The fraction of sp³-hybridized carbons (Fsp3) is 0.190. The molecule has 0 aliphatic heterocycles. The van der Waals surface area contributed by atoms with Crippen molar-refractivity contribution >= 4 is 29.3 Å². The van der Waals surface area contributed by atoms with E-state index in [1.54, 1.807) is 42.5 Å². The summed E-state index contributed by atoms with van der Waals surface area (Å²) < 4.78 is 10.5. The number of esters is 1. The number of carbonyl (C=O) groups is 2. The number of hydrogen-bond donors (Lipinski definition) is 0. The number of amides is 1. The fourth-order valence-corrected chi connectivity index (χ4v) is 3.43. The summed E-state index contributed by atoms with van der Waals surface area (Å²) in [6.07, 6.45) is 3.17. The maximum absolute atomic E-state index is 13.0. The van der Waals surface area contributed by atoms with Gasteiger partial charge in [0.1, 0.15) is 10.8 Å². The Kier molecular flexibility index (Phi) is 6.86. The Hall–Kier alpha value is -3.06. The minimum absolute atomic E-state index is 0.118. The van der Waals surface area contributed by atoms with Gasteiger partial charge in [-0.3, -0.25) is 4.79 Å². The van der Waals surface area contributed by atoms with Crippen molar-refractivity contribution in [1.29, 1.82) is 0 Å². The maximum atomic E-state index is 13.0. The van der Waals surface area contributed by atoms with Crippen LogP contribution in [0.1, 0.15) is 23.0 Å². The Morgan fingerprint density at radius 2 is 1.93 bits per heavy atom. The molecule has 0 spiro atoms. The number of nitrogens with zero attached hydrogens (tertiary/aromatic N) is 2. The Bertz CT molecular complexity index is 913. The lowest BCUT2D eigenvalue weighted by Gasteiger charge is -2.21. The van der Waals surface area contributed by atoms with Gasteiger partial charge in [-0.25, -0.2) is 9.78 Å². The highest BCUT2D eigenvalue weighted by atomic mass is 32.2. The van der Waals surface area contributed by atoms with Gasteiger partial charge in [-0.05, 0) is 43.3 Å². The van der Waals surface area contributed by atoms with Crippen LogP contribution in [0.4, 0.5) is 5.69 Å². The van der Waals surface area contributed by atoms with Gasteiger partial charge in [0.15, 0.2) is 0 Å². The van der Waals surface area contributed by atoms with Crippen LogP contribution in [0.25, 0.3) is 0 Å². The van der Waals surface area contributed by atoms with Gasteiger partial charge in [0.25, 0.3) is 0 Å². The molecule has 2 heterocycles. The topological polar surface area (TPSA) is 72.6 Å². The summed E-state index contributed by atoms with van der Waals surface area (Å²) in [6.45, 7) is 2.35. The zero-order valence-electron chi connectivity index (χ0n) is 15.4. The first-order valence-corrected chi connectivity index (χ1v) is 9.80. The predicted octanol–water partition coefficient (Wildman–Crippen LogP) is 4.18. The molecule has 0 aliphatic carbocycles. The Morgan fingerprint density at radius 1 is 1.11 bits per heavy atom. The Labute approximate surface area is 167 Å². The molecule has 0 saturated carbocycles. The molecule has 0 radical (unpaired) electrons. The summed E-state index contributed by atoms with van der Waals surface area (Å²) in [5, 5.41) is 0.473. The van der Waals surface area contributed by atoms with Crippen molar-refractivity contribution in [3.63, 3.8) is 0 Å². The predicted molar refractivity (Wildman–Crippen MR) is 107 cm³/mol. The van der Waals surface area contributed by atoms with E-state index in [4.69, 9.17) is 9.15 Å². The minimum Gasteiger partial charge on any atom is -0.467 e. The third-order valence-corrected chi connectivity index (χ3v) is 4.85. The number of hydrogen-bond acceptors (Lipinski definition) is 6. The number of para-hydroxylation sites is 1. The average Bonchev–Trinajstić information content (AvgIpc) is 3.24. The number of aromatic nitrogens is 1. The Balaban J connectivity index is 1.75. The maximum Gasteiger partial charge on any atom is 0.340 e. The monoisotopic (exact) mass is 396 g/mol. The first-order valence-electron chi connectivity index (χ1n) is 8.81. The van der Waals surface area contributed by atoms with Gasteiger partial charge in [0.2, 0.25) is 5.91 Å². The molecule has 0 fully saturated rings. The number of anilines is 1. The van der Waals surface area contributed by atoms with E-state index in [2.05, 4.69) is 4.98 Å². The summed E-state index contributed by atoms with van der Waals surface area (Å²) >= 11 is 1.21. The number of furan rings is 1. The minimum atomic E-state index is -0.443. The highest BCUT2D eigenvalue weighted by Gasteiger charge is 2.20. The van der Waals surface area contributed by atoms with Crippen LogP contribution >= 0.6 is 11.8 Å². The normalized spacial score (nSPS) is 10.5. The lowest BCUT2D eigenvalue weighted by Crippen LogP contribution is -2.31. The smallest absolute Gasteiger partial charge is 0.340 e. The molecule has 144 valence electrons. The van der Waals surface area contributed by atoms with Gasteiger partial charge in [-0.15, -0.1) is 0 Å². The van der Waals surface area contributed by atoms with Crippen molar-refractivity contribution in [2.45, 2.75) is 18.5 Å². The van der Waals surface area contributed by atoms with E-state index in [0.717, 1.165) is 5.69 Å². The highest BCUT2D eigenvalue weighted by Crippen LogP contribution is 2.24. The number of ether oxygens (including phenoxy) is 1. The third kappa shape index (κ3) is 5.01. The van der Waals surface area contributed by atoms with Crippen molar-refractivity contribution < 1.29 is 18.7 Å². The van der Waals surface area contributed by atoms with E-state index in [-0.39, 0.29) is 18.3 Å². The lowest BCUT2D eigenvalue weighted by molar-refractivity contribution is -0.116. The second-order valence-corrected chi connectivity index (χ2v) is 6.72. The molecule has 3 aromatic rings. The zero-order chi connectivity index (χ0) is 19.8. The van der Waals surface area contributed by atoms with E-state index < -0.39 is 5.97 Å². The quantitative estimate of drug-likeness (QED) is 0.420. The van der Waals surface area contributed by atoms with Gasteiger partial charge in [0.05, 0.1) is 30.7 Å². The van der Waals surface area contributed by atoms with E-state index in [9.17, 15) is 9.59 Å². The lowest BCUT2D eigenvalue weighted by atomic mass is 10.2. The highest BCUT2D eigenvalue weighted by molar-refractivity contribution is 8.00. The van der Waals surface area contributed by atoms with Crippen LogP contribution in [-0.4, -0.2) is 29.2 Å². The van der Waals surface area contributed by atoms with Gasteiger partial charge in [-0.2, -0.15) is 0 Å². The van der Waals surface area contributed by atoms with Crippen LogP contribution in [0.3, 0.4) is 0 Å². The van der Waals surface area contributed by atoms with Gasteiger partial charge < -0.3 is 14.1 Å². The largest absolute Gasteiger partial charge is 0.467 e. The summed E-state index contributed by atoms with van der Waals surface area (Å²) in [5.74, 6) is 0.250. The molecule has 0 atom stereocenters. The van der Waals surface area contributed by atoms with Crippen LogP contribution in [-0.2, 0) is 16.1 Å². The molecule has 0 aliphatic rings. The van der Waals surface area contributed by atoms with Crippen LogP contribution in [0.5, 0.6) is 0 Å². The summed E-state index contributed by atoms with van der Waals surface area (Å²) in [7, 11) is 0. The van der Waals surface area contributed by atoms with E-state index in [1.807, 2.05) is 36.4 Å². The van der Waals surface area contributed by atoms with Crippen LogP contribution < -0.4 is 4.90 Å². The standard InChI is InChI=1S/C21H20N2O4S/c1-2-26-21(25)18-11-6-12-22-20(18)28-15-19(24)23(14-17-10-7-13-27-17)16-8-4-3-5-9-16/h3-13H,2,14-15H2,1H3. The van der Waals surface area contributed by atoms with Gasteiger partial charge >= 0.3 is 5.97 Å². The molecule has 1 amide bonds. The van der Waals surface area contributed by atoms with Crippen molar-refractivity contribution in [2.75, 3.05) is 17.3 Å². The first-order chi connectivity index (χ1) is 13.7. The molecular weight excluding hydrogens is 376 g/mol. The fourth-order valence-electron chi connectivity index (χ4n) is 2.57. The molecule has 0 N–H and O–H groups in total. The zero-order valence-corrected chi connectivity index (χ0v) is 16.2. The van der Waals surface area contributed by atoms with Gasteiger partial charge in [0, 0.05) is 11.9 Å². The average molecular weight is 396 g/mol. The van der Waals surface area contributed by atoms with Crippen molar-refractivity contribution in [3.05, 3.63) is 78.4 Å². The number of thioether (sulfide) groups is 1. The molecule has 2 aromatic heterocycles. The molecule has 7 heteroatoms. The summed E-state index contributed by atoms with van der Waals surface area (Å²) in [6, 6.07) is 16.3. The molecule has 28 heavy (non-hydrogen) atoms. The van der Waals surface area contributed by atoms with Crippen molar-refractivity contribution in [1.82, 2.24) is 4.98 Å². The molecule has 0 saturated heterocycles. The second-order valence-electron chi connectivity index (χ2n) is 5.76. The number of rotatable bonds is 8. The van der Waals surface area contributed by atoms with E-state index in [1.165, 1.54) is 11.8 Å². The SMILES string of the molecule is CCOC(=O)c1cccnc1SCC(=O)N(Cc1ccco1)c1ccccc1. The van der Waals surface area contributed by atoms with Crippen LogP contribution in [0, 0.1) is 0 Å². The van der Waals surface area contributed by atoms with Crippen LogP contribution in [0.15, 0.2) is 76.5 Å². The molecule has 6 nitrogen and oxygen atoms in total. The third-order valence-electron chi connectivity index (χ3n) is 3.86. The number of benzene rings is 1. The van der Waals surface area contributed by atoms with E-state index >= 15 is 0 Å². The van der Waals surface area contributed by atoms with Crippen LogP contribution in [0.2, 0.25) is 0 Å². The summed E-state index contributed by atoms with van der Waals surface area (Å²) in [4.78, 5) is 30.9. The molecule has 0 unspecified atom stereocenters. The first kappa shape index (κ1) is 19.7.